The van der Waals surface area contributed by atoms with Crippen LogP contribution in [-0.2, 0) is 0 Å². The molecule has 1 saturated heterocycles. The first kappa shape index (κ1) is 20.4. The van der Waals surface area contributed by atoms with E-state index in [4.69, 9.17) is 4.74 Å². The number of nitrogens with zero attached hydrogens (tertiary/aromatic N) is 1. The second-order valence-corrected chi connectivity index (χ2v) is 7.58. The van der Waals surface area contributed by atoms with Crippen LogP contribution in [0.4, 0.5) is 0 Å². The van der Waals surface area contributed by atoms with Crippen LogP contribution < -0.4 is 10.1 Å². The third kappa shape index (κ3) is 5.35. The molecule has 2 aromatic carbocycles. The van der Waals surface area contributed by atoms with Gasteiger partial charge in [0, 0.05) is 6.54 Å². The van der Waals surface area contributed by atoms with E-state index in [0.717, 1.165) is 19.5 Å². The van der Waals surface area contributed by atoms with Crippen molar-refractivity contribution >= 4 is 5.91 Å². The van der Waals surface area contributed by atoms with Crippen molar-refractivity contribution in [3.8, 4) is 5.75 Å². The SMILES string of the molecule is CCCOc1ccccc1C(=O)NC[C@H](c1ccc(C)cc1)N1CCCCC1. The van der Waals surface area contributed by atoms with Crippen LogP contribution in [0.1, 0.15) is 60.1 Å². The van der Waals surface area contributed by atoms with E-state index >= 15 is 0 Å². The molecule has 1 atom stereocenters. The van der Waals surface area contributed by atoms with Gasteiger partial charge in [0.1, 0.15) is 5.75 Å². The number of benzene rings is 2. The highest BCUT2D eigenvalue weighted by molar-refractivity contribution is 5.96. The van der Waals surface area contributed by atoms with Gasteiger partial charge in [-0.05, 0) is 57.0 Å². The maximum Gasteiger partial charge on any atom is 0.255 e. The quantitative estimate of drug-likeness (QED) is 0.719. The Morgan fingerprint density at radius 3 is 2.50 bits per heavy atom. The summed E-state index contributed by atoms with van der Waals surface area (Å²) in [6.07, 6.45) is 4.67. The zero-order valence-corrected chi connectivity index (χ0v) is 17.1. The fraction of sp³-hybridized carbons (Fsp3) is 0.458. The van der Waals surface area contributed by atoms with Crippen LogP contribution in [0.2, 0.25) is 0 Å². The molecule has 1 fully saturated rings. The number of rotatable bonds is 8. The molecule has 0 saturated carbocycles. The lowest BCUT2D eigenvalue weighted by Gasteiger charge is -2.35. The second kappa shape index (κ2) is 10.3. The fourth-order valence-electron chi connectivity index (χ4n) is 3.75. The smallest absolute Gasteiger partial charge is 0.255 e. The lowest BCUT2D eigenvalue weighted by atomic mass is 10.0. The van der Waals surface area contributed by atoms with Gasteiger partial charge < -0.3 is 10.1 Å². The summed E-state index contributed by atoms with van der Waals surface area (Å²) in [6.45, 7) is 7.56. The predicted molar refractivity (Wildman–Crippen MR) is 114 cm³/mol. The van der Waals surface area contributed by atoms with Gasteiger partial charge in [0.15, 0.2) is 0 Å². The Morgan fingerprint density at radius 2 is 1.79 bits per heavy atom. The third-order valence-electron chi connectivity index (χ3n) is 5.34. The summed E-state index contributed by atoms with van der Waals surface area (Å²) in [4.78, 5) is 15.4. The van der Waals surface area contributed by atoms with Gasteiger partial charge in [-0.1, -0.05) is 55.3 Å². The molecule has 28 heavy (non-hydrogen) atoms. The largest absolute Gasteiger partial charge is 0.493 e. The molecule has 0 unspecified atom stereocenters. The van der Waals surface area contributed by atoms with Gasteiger partial charge in [-0.15, -0.1) is 0 Å². The van der Waals surface area contributed by atoms with Crippen LogP contribution >= 0.6 is 0 Å². The molecule has 4 nitrogen and oxygen atoms in total. The third-order valence-corrected chi connectivity index (χ3v) is 5.34. The summed E-state index contributed by atoms with van der Waals surface area (Å²) in [5.41, 5.74) is 3.13. The number of amides is 1. The van der Waals surface area contributed by atoms with Gasteiger partial charge in [0.05, 0.1) is 18.2 Å². The van der Waals surface area contributed by atoms with Gasteiger partial charge in [0.2, 0.25) is 0 Å². The Bertz CT molecular complexity index is 751. The Labute approximate surface area is 168 Å². The molecule has 1 aliphatic heterocycles. The van der Waals surface area contributed by atoms with Crippen LogP contribution in [0.25, 0.3) is 0 Å². The highest BCUT2D eigenvalue weighted by Crippen LogP contribution is 2.25. The molecule has 0 radical (unpaired) electrons. The number of hydrogen-bond donors (Lipinski definition) is 1. The number of ether oxygens (including phenoxy) is 1. The maximum atomic E-state index is 12.9. The fourth-order valence-corrected chi connectivity index (χ4v) is 3.75. The minimum Gasteiger partial charge on any atom is -0.493 e. The highest BCUT2D eigenvalue weighted by atomic mass is 16.5. The first-order valence-corrected chi connectivity index (χ1v) is 10.5. The Morgan fingerprint density at radius 1 is 1.07 bits per heavy atom. The number of hydrogen-bond acceptors (Lipinski definition) is 3. The maximum absolute atomic E-state index is 12.9. The van der Waals surface area contributed by atoms with E-state index in [1.807, 2.05) is 24.3 Å². The molecular weight excluding hydrogens is 348 g/mol. The van der Waals surface area contributed by atoms with E-state index in [0.29, 0.717) is 24.5 Å². The minimum absolute atomic E-state index is 0.0687. The molecule has 0 aliphatic carbocycles. The predicted octanol–water partition coefficient (Wildman–Crippen LogP) is 4.74. The molecule has 4 heteroatoms. The molecular formula is C24H32N2O2. The Balaban J connectivity index is 1.72. The summed E-state index contributed by atoms with van der Waals surface area (Å²) in [6, 6.07) is 16.4. The molecule has 0 aromatic heterocycles. The number of carbonyl (C=O) groups is 1. The normalized spacial score (nSPS) is 15.8. The number of piperidine rings is 1. The molecule has 1 amide bonds. The van der Waals surface area contributed by atoms with Gasteiger partial charge in [-0.25, -0.2) is 0 Å². The van der Waals surface area contributed by atoms with Crippen LogP contribution in [0.3, 0.4) is 0 Å². The van der Waals surface area contributed by atoms with Crippen molar-refractivity contribution in [1.29, 1.82) is 0 Å². The zero-order valence-electron chi connectivity index (χ0n) is 17.1. The van der Waals surface area contributed by atoms with Crippen molar-refractivity contribution in [3.05, 3.63) is 65.2 Å². The molecule has 1 heterocycles. The standard InChI is InChI=1S/C24H32N2O2/c1-3-17-28-23-10-6-5-9-21(23)24(27)25-18-22(26-15-7-4-8-16-26)20-13-11-19(2)12-14-20/h5-6,9-14,22H,3-4,7-8,15-18H2,1-2H3,(H,25,27)/t22-/m1/s1. The second-order valence-electron chi connectivity index (χ2n) is 7.58. The van der Waals surface area contributed by atoms with Crippen LogP contribution in [0.15, 0.2) is 48.5 Å². The van der Waals surface area contributed by atoms with Crippen molar-refractivity contribution in [2.24, 2.45) is 0 Å². The van der Waals surface area contributed by atoms with E-state index in [1.165, 1.54) is 30.4 Å². The first-order chi connectivity index (χ1) is 13.7. The highest BCUT2D eigenvalue weighted by Gasteiger charge is 2.23. The molecule has 1 N–H and O–H groups in total. The van der Waals surface area contributed by atoms with Crippen molar-refractivity contribution in [2.75, 3.05) is 26.2 Å². The monoisotopic (exact) mass is 380 g/mol. The van der Waals surface area contributed by atoms with Gasteiger partial charge in [-0.3, -0.25) is 9.69 Å². The first-order valence-electron chi connectivity index (χ1n) is 10.5. The van der Waals surface area contributed by atoms with Crippen molar-refractivity contribution < 1.29 is 9.53 Å². The summed E-state index contributed by atoms with van der Waals surface area (Å²) in [5, 5.41) is 3.17. The summed E-state index contributed by atoms with van der Waals surface area (Å²) in [7, 11) is 0. The number of nitrogens with one attached hydrogen (secondary N) is 1. The van der Waals surface area contributed by atoms with Crippen molar-refractivity contribution in [3.63, 3.8) is 0 Å². The molecule has 2 aromatic rings. The Kier molecular flexibility index (Phi) is 7.49. The van der Waals surface area contributed by atoms with Crippen molar-refractivity contribution in [1.82, 2.24) is 10.2 Å². The Hall–Kier alpha value is -2.33. The van der Waals surface area contributed by atoms with Crippen LogP contribution in [0, 0.1) is 6.92 Å². The summed E-state index contributed by atoms with van der Waals surface area (Å²) < 4.78 is 5.76. The van der Waals surface area contributed by atoms with E-state index in [2.05, 4.69) is 48.3 Å². The van der Waals surface area contributed by atoms with Gasteiger partial charge >= 0.3 is 0 Å². The summed E-state index contributed by atoms with van der Waals surface area (Å²) >= 11 is 0. The molecule has 150 valence electrons. The molecule has 1 aliphatic rings. The van der Waals surface area contributed by atoms with Crippen LogP contribution in [-0.4, -0.2) is 37.0 Å². The number of likely N-dealkylation sites (tertiary alicyclic amines) is 1. The van der Waals surface area contributed by atoms with Gasteiger partial charge in [0.25, 0.3) is 5.91 Å². The number of para-hydroxylation sites is 1. The molecule has 3 rings (SSSR count). The lowest BCUT2D eigenvalue weighted by Crippen LogP contribution is -2.40. The average molecular weight is 381 g/mol. The molecule has 0 bridgehead atoms. The summed E-state index contributed by atoms with van der Waals surface area (Å²) in [5.74, 6) is 0.590. The van der Waals surface area contributed by atoms with E-state index < -0.39 is 0 Å². The minimum atomic E-state index is -0.0687. The topological polar surface area (TPSA) is 41.6 Å². The zero-order chi connectivity index (χ0) is 19.8. The molecule has 0 spiro atoms. The number of carbonyl (C=O) groups excluding carboxylic acids is 1. The van der Waals surface area contributed by atoms with E-state index in [9.17, 15) is 4.79 Å². The lowest BCUT2D eigenvalue weighted by molar-refractivity contribution is 0.0920. The van der Waals surface area contributed by atoms with Crippen LogP contribution in [0.5, 0.6) is 5.75 Å². The van der Waals surface area contributed by atoms with Crippen molar-refractivity contribution in [2.45, 2.75) is 45.6 Å². The van der Waals surface area contributed by atoms with E-state index in [-0.39, 0.29) is 11.9 Å². The van der Waals surface area contributed by atoms with Gasteiger partial charge in [-0.2, -0.15) is 0 Å². The average Bonchev–Trinajstić information content (AvgIpc) is 2.74. The van der Waals surface area contributed by atoms with E-state index in [1.54, 1.807) is 0 Å². The number of aryl methyl sites for hydroxylation is 1.